The fraction of sp³-hybridized carbons (Fsp3) is 0.200. The summed E-state index contributed by atoms with van der Waals surface area (Å²) in [6, 6.07) is 10.9. The number of carboxylic acids is 1. The maximum Gasteiger partial charge on any atom is 0.329 e. The van der Waals surface area contributed by atoms with Crippen LogP contribution in [0.1, 0.15) is 30.9 Å². The zero-order valence-corrected chi connectivity index (χ0v) is 17.9. The monoisotopic (exact) mass is 465 g/mol. The number of anilines is 1. The lowest BCUT2D eigenvalue weighted by Gasteiger charge is -2.33. The molecule has 0 aromatic heterocycles. The van der Waals surface area contributed by atoms with Crippen LogP contribution < -0.4 is 4.90 Å². The number of rotatable bonds is 4. The number of benzene rings is 2. The zero-order chi connectivity index (χ0) is 19.7. The lowest BCUT2D eigenvalue weighted by atomic mass is 10.0. The summed E-state index contributed by atoms with van der Waals surface area (Å²) in [4.78, 5) is 14.8. The second kappa shape index (κ2) is 8.12. The van der Waals surface area contributed by atoms with Crippen LogP contribution in [0.4, 0.5) is 10.1 Å². The molecule has 3 nitrogen and oxygen atoms in total. The van der Waals surface area contributed by atoms with Crippen molar-refractivity contribution >= 4 is 56.6 Å². The van der Waals surface area contributed by atoms with Gasteiger partial charge in [-0.25, -0.2) is 9.18 Å². The van der Waals surface area contributed by atoms with E-state index in [0.29, 0.717) is 25.8 Å². The molecule has 0 radical (unpaired) electrons. The predicted octanol–water partition coefficient (Wildman–Crippen LogP) is 6.12. The number of halogens is 2. The lowest BCUT2D eigenvalue weighted by molar-refractivity contribution is -0.131. The second-order valence-corrected chi connectivity index (χ2v) is 8.84. The fourth-order valence-electron chi connectivity index (χ4n) is 2.78. The van der Waals surface area contributed by atoms with E-state index < -0.39 is 5.97 Å². The molecule has 0 spiro atoms. The Morgan fingerprint density at radius 3 is 2.70 bits per heavy atom. The third-order valence-corrected chi connectivity index (χ3v) is 6.37. The molecule has 0 fully saturated rings. The summed E-state index contributed by atoms with van der Waals surface area (Å²) in [6.07, 6.45) is 1.11. The molecule has 0 aliphatic carbocycles. The van der Waals surface area contributed by atoms with Crippen molar-refractivity contribution in [1.82, 2.24) is 0 Å². The van der Waals surface area contributed by atoms with Crippen molar-refractivity contribution < 1.29 is 14.3 Å². The van der Waals surface area contributed by atoms with E-state index in [1.807, 2.05) is 23.1 Å². The molecule has 140 valence electrons. The van der Waals surface area contributed by atoms with Crippen molar-refractivity contribution in [2.75, 3.05) is 4.90 Å². The van der Waals surface area contributed by atoms with Gasteiger partial charge in [0.1, 0.15) is 10.8 Å². The first-order valence-corrected chi connectivity index (χ1v) is 10.3. The molecular formula is C20H17BrFNO2S2. The van der Waals surface area contributed by atoms with E-state index in [1.54, 1.807) is 12.1 Å². The SMILES string of the molecule is CC(C)c1ccc2c(c1)N(Cc1ccc(Br)cc1F)C(=S)C(=CC(=O)O)S2. The summed E-state index contributed by atoms with van der Waals surface area (Å²) < 4.78 is 15.1. The van der Waals surface area contributed by atoms with E-state index in [1.165, 1.54) is 17.8 Å². The van der Waals surface area contributed by atoms with Gasteiger partial charge in [-0.3, -0.25) is 0 Å². The first kappa shape index (κ1) is 20.0. The molecule has 0 saturated carbocycles. The highest BCUT2D eigenvalue weighted by Gasteiger charge is 2.28. The minimum Gasteiger partial charge on any atom is -0.478 e. The smallest absolute Gasteiger partial charge is 0.329 e. The number of hydrogen-bond donors (Lipinski definition) is 1. The third kappa shape index (κ3) is 4.42. The maximum absolute atomic E-state index is 14.4. The molecule has 2 aromatic carbocycles. The first-order chi connectivity index (χ1) is 12.8. The number of hydrogen-bond acceptors (Lipinski definition) is 3. The molecule has 0 unspecified atom stereocenters. The lowest BCUT2D eigenvalue weighted by Crippen LogP contribution is -2.33. The molecule has 1 heterocycles. The zero-order valence-electron chi connectivity index (χ0n) is 14.7. The normalized spacial score (nSPS) is 15.4. The summed E-state index contributed by atoms with van der Waals surface area (Å²) in [7, 11) is 0. The number of carboxylic acid groups (broad SMARTS) is 1. The minimum atomic E-state index is -1.06. The molecule has 27 heavy (non-hydrogen) atoms. The van der Waals surface area contributed by atoms with Gasteiger partial charge in [0.15, 0.2) is 0 Å². The van der Waals surface area contributed by atoms with Gasteiger partial charge >= 0.3 is 5.97 Å². The van der Waals surface area contributed by atoms with Crippen LogP contribution in [0.25, 0.3) is 0 Å². The molecule has 0 amide bonds. The van der Waals surface area contributed by atoms with Gasteiger partial charge in [-0.2, -0.15) is 0 Å². The number of carbonyl (C=O) groups is 1. The molecule has 1 aliphatic rings. The van der Waals surface area contributed by atoms with Gasteiger partial charge in [0.2, 0.25) is 0 Å². The Kier molecular flexibility index (Phi) is 6.03. The summed E-state index contributed by atoms with van der Waals surface area (Å²) in [5.74, 6) is -1.07. The van der Waals surface area contributed by atoms with Crippen LogP contribution in [0.3, 0.4) is 0 Å². The Bertz CT molecular complexity index is 959. The van der Waals surface area contributed by atoms with Crippen molar-refractivity contribution in [1.29, 1.82) is 0 Å². The average Bonchev–Trinajstić information content (AvgIpc) is 2.59. The largest absolute Gasteiger partial charge is 0.478 e. The summed E-state index contributed by atoms with van der Waals surface area (Å²) >= 11 is 10.2. The fourth-order valence-corrected chi connectivity index (χ4v) is 4.46. The quantitative estimate of drug-likeness (QED) is 0.434. The molecule has 2 aromatic rings. The van der Waals surface area contributed by atoms with Gasteiger partial charge in [0, 0.05) is 21.0 Å². The van der Waals surface area contributed by atoms with E-state index in [2.05, 4.69) is 29.8 Å². The van der Waals surface area contributed by atoms with E-state index in [4.69, 9.17) is 17.3 Å². The van der Waals surface area contributed by atoms with Crippen LogP contribution in [0.5, 0.6) is 0 Å². The molecule has 0 bridgehead atoms. The number of thiocarbonyl (C=S) groups is 1. The topological polar surface area (TPSA) is 40.5 Å². The van der Waals surface area contributed by atoms with Crippen LogP contribution >= 0.6 is 39.9 Å². The van der Waals surface area contributed by atoms with E-state index in [-0.39, 0.29) is 12.4 Å². The maximum atomic E-state index is 14.4. The highest BCUT2D eigenvalue weighted by atomic mass is 79.9. The van der Waals surface area contributed by atoms with Crippen molar-refractivity contribution in [3.8, 4) is 0 Å². The van der Waals surface area contributed by atoms with Crippen LogP contribution in [-0.2, 0) is 11.3 Å². The molecule has 3 rings (SSSR count). The van der Waals surface area contributed by atoms with Crippen LogP contribution in [-0.4, -0.2) is 16.1 Å². The molecule has 1 N–H and O–H groups in total. The van der Waals surface area contributed by atoms with Crippen LogP contribution in [0.2, 0.25) is 0 Å². The third-order valence-electron chi connectivity index (χ3n) is 4.21. The molecular weight excluding hydrogens is 449 g/mol. The van der Waals surface area contributed by atoms with Crippen LogP contribution in [0.15, 0.2) is 56.7 Å². The predicted molar refractivity (Wildman–Crippen MR) is 115 cm³/mol. The number of fused-ring (bicyclic) bond motifs is 1. The molecule has 1 aliphatic heterocycles. The molecule has 7 heteroatoms. The van der Waals surface area contributed by atoms with E-state index in [9.17, 15) is 9.18 Å². The number of thioether (sulfide) groups is 1. The Labute approximate surface area is 175 Å². The second-order valence-electron chi connectivity index (χ2n) is 6.46. The average molecular weight is 466 g/mol. The van der Waals surface area contributed by atoms with E-state index >= 15 is 0 Å². The van der Waals surface area contributed by atoms with Gasteiger partial charge in [0.05, 0.1) is 17.1 Å². The van der Waals surface area contributed by atoms with Crippen molar-refractivity contribution in [2.24, 2.45) is 0 Å². The van der Waals surface area contributed by atoms with Crippen molar-refractivity contribution in [2.45, 2.75) is 31.2 Å². The Balaban J connectivity index is 2.09. The number of nitrogens with zero attached hydrogens (tertiary/aromatic N) is 1. The highest BCUT2D eigenvalue weighted by molar-refractivity contribution is 9.10. The standard InChI is InChI=1S/C20H17BrFNO2S2/c1-11(2)12-4-6-17-16(7-12)23(20(26)18(27-17)9-19(24)25)10-13-3-5-14(21)8-15(13)22/h3-9,11H,10H2,1-2H3,(H,24,25). The van der Waals surface area contributed by atoms with Gasteiger partial charge in [-0.1, -0.05) is 65.9 Å². The summed E-state index contributed by atoms with van der Waals surface area (Å²) in [5, 5.41) is 9.17. The first-order valence-electron chi connectivity index (χ1n) is 8.28. The van der Waals surface area contributed by atoms with Gasteiger partial charge in [-0.15, -0.1) is 0 Å². The summed E-state index contributed by atoms with van der Waals surface area (Å²) in [6.45, 7) is 4.43. The molecule has 0 saturated heterocycles. The van der Waals surface area contributed by atoms with Gasteiger partial charge in [-0.05, 0) is 35.7 Å². The Hall–Kier alpha value is -1.70. The number of aliphatic carboxylic acids is 1. The Morgan fingerprint density at radius 2 is 2.07 bits per heavy atom. The van der Waals surface area contributed by atoms with Crippen molar-refractivity contribution in [3.63, 3.8) is 0 Å². The van der Waals surface area contributed by atoms with Crippen molar-refractivity contribution in [3.05, 3.63) is 68.8 Å². The van der Waals surface area contributed by atoms with Crippen LogP contribution in [0, 0.1) is 5.82 Å². The summed E-state index contributed by atoms with van der Waals surface area (Å²) in [5.41, 5.74) is 2.51. The van der Waals surface area contributed by atoms with Gasteiger partial charge in [0.25, 0.3) is 0 Å². The highest BCUT2D eigenvalue weighted by Crippen LogP contribution is 2.44. The minimum absolute atomic E-state index is 0.226. The van der Waals surface area contributed by atoms with Gasteiger partial charge < -0.3 is 10.0 Å². The van der Waals surface area contributed by atoms with E-state index in [0.717, 1.165) is 22.2 Å². The Morgan fingerprint density at radius 1 is 1.33 bits per heavy atom. The molecule has 0 atom stereocenters.